The molecule has 12 heavy (non-hydrogen) atoms. The highest BCUT2D eigenvalue weighted by Gasteiger charge is 2.40. The van der Waals surface area contributed by atoms with Crippen LogP contribution in [0.15, 0.2) is 0 Å². The van der Waals surface area contributed by atoms with Crippen molar-refractivity contribution in [2.24, 2.45) is 5.92 Å². The quantitative estimate of drug-likeness (QED) is 0.596. The van der Waals surface area contributed by atoms with Crippen LogP contribution in [0.2, 0.25) is 0 Å². The maximum atomic E-state index is 12.3. The van der Waals surface area contributed by atoms with Crippen LogP contribution in [0.3, 0.4) is 0 Å². The third-order valence-electron chi connectivity index (χ3n) is 3.01. The van der Waals surface area contributed by atoms with Gasteiger partial charge in [-0.15, -0.1) is 0 Å². The molecule has 3 unspecified atom stereocenters. The zero-order valence-corrected chi connectivity index (χ0v) is 7.01. The van der Waals surface area contributed by atoms with Crippen LogP contribution in [0, 0.1) is 5.92 Å². The molecule has 2 rings (SSSR count). The van der Waals surface area contributed by atoms with Gasteiger partial charge in [0.2, 0.25) is 0 Å². The number of alkyl halides is 2. The van der Waals surface area contributed by atoms with E-state index in [1.54, 1.807) is 0 Å². The van der Waals surface area contributed by atoms with Gasteiger partial charge in [0.15, 0.2) is 0 Å². The van der Waals surface area contributed by atoms with E-state index in [0.717, 1.165) is 19.3 Å². The fraction of sp³-hybridized carbons (Fsp3) is 1.00. The zero-order chi connectivity index (χ0) is 8.55. The van der Waals surface area contributed by atoms with E-state index < -0.39 is 12.5 Å². The minimum absolute atomic E-state index is 0.151. The summed E-state index contributed by atoms with van der Waals surface area (Å²) in [5.41, 5.74) is 0. The summed E-state index contributed by atoms with van der Waals surface area (Å²) in [4.78, 5) is 0. The molecule has 0 aromatic rings. The van der Waals surface area contributed by atoms with Gasteiger partial charge in [0.05, 0.1) is 6.10 Å². The fourth-order valence-electron chi connectivity index (χ4n) is 2.36. The molecule has 70 valence electrons. The smallest absolute Gasteiger partial charge is 0.264 e. The van der Waals surface area contributed by atoms with Gasteiger partial charge in [0.1, 0.15) is 6.10 Å². The molecule has 1 aliphatic heterocycles. The molecular weight excluding hydrogens is 162 g/mol. The number of fused-ring (bicyclic) bond motifs is 1. The highest BCUT2D eigenvalue weighted by atomic mass is 19.3. The van der Waals surface area contributed by atoms with E-state index in [-0.39, 0.29) is 6.10 Å². The number of halogens is 2. The summed E-state index contributed by atoms with van der Waals surface area (Å²) in [6.45, 7) is 0. The first kappa shape index (κ1) is 8.42. The molecule has 1 aliphatic carbocycles. The van der Waals surface area contributed by atoms with Crippen LogP contribution < -0.4 is 0 Å². The van der Waals surface area contributed by atoms with Gasteiger partial charge in [-0.3, -0.25) is 0 Å². The van der Waals surface area contributed by atoms with Crippen molar-refractivity contribution in [2.45, 2.75) is 50.7 Å². The molecule has 1 saturated heterocycles. The van der Waals surface area contributed by atoms with Crippen LogP contribution >= 0.6 is 0 Å². The van der Waals surface area contributed by atoms with Crippen molar-refractivity contribution in [1.29, 1.82) is 0 Å². The Bertz CT molecular complexity index is 147. The normalized spacial score (nSPS) is 41.8. The van der Waals surface area contributed by atoms with E-state index in [9.17, 15) is 8.78 Å². The van der Waals surface area contributed by atoms with Crippen molar-refractivity contribution in [1.82, 2.24) is 0 Å². The molecule has 0 amide bonds. The van der Waals surface area contributed by atoms with Gasteiger partial charge in [0.25, 0.3) is 6.43 Å². The lowest BCUT2D eigenvalue weighted by atomic mass is 9.85. The van der Waals surface area contributed by atoms with E-state index in [2.05, 4.69) is 0 Å². The Morgan fingerprint density at radius 1 is 1.17 bits per heavy atom. The number of rotatable bonds is 1. The van der Waals surface area contributed by atoms with E-state index in [4.69, 9.17) is 4.74 Å². The summed E-state index contributed by atoms with van der Waals surface area (Å²) in [7, 11) is 0. The van der Waals surface area contributed by atoms with Crippen LogP contribution in [-0.2, 0) is 4.74 Å². The predicted octanol–water partition coefficient (Wildman–Crippen LogP) is 2.60. The SMILES string of the molecule is FC(F)C1CC2CCCCC2O1. The van der Waals surface area contributed by atoms with Gasteiger partial charge in [0, 0.05) is 0 Å². The van der Waals surface area contributed by atoms with E-state index >= 15 is 0 Å². The molecule has 2 fully saturated rings. The van der Waals surface area contributed by atoms with Crippen LogP contribution in [0.25, 0.3) is 0 Å². The molecule has 1 nitrogen and oxygen atoms in total. The number of ether oxygens (including phenoxy) is 1. The van der Waals surface area contributed by atoms with Crippen molar-refractivity contribution < 1.29 is 13.5 Å². The van der Waals surface area contributed by atoms with Crippen LogP contribution in [0.1, 0.15) is 32.1 Å². The first-order chi connectivity index (χ1) is 5.77. The maximum absolute atomic E-state index is 12.3. The van der Waals surface area contributed by atoms with Gasteiger partial charge in [-0.2, -0.15) is 0 Å². The second-order valence-electron chi connectivity index (χ2n) is 3.83. The molecule has 0 N–H and O–H groups in total. The highest BCUT2D eigenvalue weighted by molar-refractivity contribution is 4.86. The Balaban J connectivity index is 1.94. The van der Waals surface area contributed by atoms with Crippen molar-refractivity contribution >= 4 is 0 Å². The monoisotopic (exact) mass is 176 g/mol. The molecule has 0 bridgehead atoms. The molecule has 3 heteroatoms. The Labute approximate surface area is 71.1 Å². The molecule has 0 aromatic carbocycles. The molecule has 0 aromatic heterocycles. The van der Waals surface area contributed by atoms with Crippen LogP contribution in [0.5, 0.6) is 0 Å². The second kappa shape index (κ2) is 3.29. The summed E-state index contributed by atoms with van der Waals surface area (Å²) in [6.07, 6.45) is 2.12. The molecule has 0 radical (unpaired) electrons. The topological polar surface area (TPSA) is 9.23 Å². The Morgan fingerprint density at radius 2 is 1.92 bits per heavy atom. The Morgan fingerprint density at radius 3 is 2.58 bits per heavy atom. The van der Waals surface area contributed by atoms with Gasteiger partial charge >= 0.3 is 0 Å². The summed E-state index contributed by atoms with van der Waals surface area (Å²) < 4.78 is 29.8. The summed E-state index contributed by atoms with van der Waals surface area (Å²) in [5, 5.41) is 0. The van der Waals surface area contributed by atoms with E-state index in [0.29, 0.717) is 12.3 Å². The Kier molecular flexibility index (Phi) is 2.31. The molecule has 0 spiro atoms. The minimum Gasteiger partial charge on any atom is -0.369 e. The van der Waals surface area contributed by atoms with Gasteiger partial charge in [-0.1, -0.05) is 12.8 Å². The largest absolute Gasteiger partial charge is 0.369 e. The second-order valence-corrected chi connectivity index (χ2v) is 3.83. The van der Waals surface area contributed by atoms with Gasteiger partial charge in [-0.25, -0.2) is 8.78 Å². The van der Waals surface area contributed by atoms with Crippen LogP contribution in [0.4, 0.5) is 8.78 Å². The van der Waals surface area contributed by atoms with Crippen molar-refractivity contribution in [2.75, 3.05) is 0 Å². The minimum atomic E-state index is -2.28. The fourth-order valence-corrected chi connectivity index (χ4v) is 2.36. The highest BCUT2D eigenvalue weighted by Crippen LogP contribution is 2.38. The average molecular weight is 176 g/mol. The van der Waals surface area contributed by atoms with Crippen LogP contribution in [-0.4, -0.2) is 18.6 Å². The Hall–Kier alpha value is -0.180. The first-order valence-corrected chi connectivity index (χ1v) is 4.71. The average Bonchev–Trinajstić information content (AvgIpc) is 2.46. The predicted molar refractivity (Wildman–Crippen MR) is 41.2 cm³/mol. The lowest BCUT2D eigenvalue weighted by molar-refractivity contribution is -0.0587. The third kappa shape index (κ3) is 1.47. The van der Waals surface area contributed by atoms with Crippen molar-refractivity contribution in [3.63, 3.8) is 0 Å². The molecule has 3 atom stereocenters. The lowest BCUT2D eigenvalue weighted by Gasteiger charge is -2.23. The molecule has 1 heterocycles. The van der Waals surface area contributed by atoms with E-state index in [1.807, 2.05) is 0 Å². The van der Waals surface area contributed by atoms with E-state index in [1.165, 1.54) is 6.42 Å². The molecular formula is C9H14F2O. The van der Waals surface area contributed by atoms with Crippen molar-refractivity contribution in [3.05, 3.63) is 0 Å². The number of hydrogen-bond donors (Lipinski definition) is 0. The van der Waals surface area contributed by atoms with Gasteiger partial charge < -0.3 is 4.74 Å². The van der Waals surface area contributed by atoms with Gasteiger partial charge in [-0.05, 0) is 25.2 Å². The summed E-state index contributed by atoms with van der Waals surface area (Å²) in [5.74, 6) is 0.428. The molecule has 2 aliphatic rings. The summed E-state index contributed by atoms with van der Waals surface area (Å²) in [6, 6.07) is 0. The standard InChI is InChI=1S/C9H14F2O/c10-9(11)8-5-6-3-1-2-4-7(6)12-8/h6-9H,1-5H2. The first-order valence-electron chi connectivity index (χ1n) is 4.71. The summed E-state index contributed by atoms with van der Waals surface area (Å²) >= 11 is 0. The zero-order valence-electron chi connectivity index (χ0n) is 7.01. The molecule has 1 saturated carbocycles. The van der Waals surface area contributed by atoms with Crippen molar-refractivity contribution in [3.8, 4) is 0 Å². The maximum Gasteiger partial charge on any atom is 0.264 e. The third-order valence-corrected chi connectivity index (χ3v) is 3.01. The number of hydrogen-bond acceptors (Lipinski definition) is 1. The lowest BCUT2D eigenvalue weighted by Crippen LogP contribution is -2.21.